The summed E-state index contributed by atoms with van der Waals surface area (Å²) >= 11 is 0. The highest BCUT2D eigenvalue weighted by atomic mass is 16.5. The maximum atomic E-state index is 12.2. The molecule has 1 amide bonds. The number of morpholine rings is 1. The van der Waals surface area contributed by atoms with Crippen molar-refractivity contribution in [3.63, 3.8) is 0 Å². The molecule has 0 bridgehead atoms. The lowest BCUT2D eigenvalue weighted by molar-refractivity contribution is -0.145. The molecule has 0 aromatic carbocycles. The molecule has 1 aliphatic rings. The van der Waals surface area contributed by atoms with Gasteiger partial charge in [0.15, 0.2) is 0 Å². The van der Waals surface area contributed by atoms with Gasteiger partial charge in [-0.15, -0.1) is 0 Å². The lowest BCUT2D eigenvalue weighted by atomic mass is 10.2. The number of nitrogens with one attached hydrogen (secondary N) is 1. The van der Waals surface area contributed by atoms with Crippen molar-refractivity contribution in [2.45, 2.75) is 19.6 Å². The first kappa shape index (κ1) is 12.1. The van der Waals surface area contributed by atoms with Gasteiger partial charge in [0.1, 0.15) is 11.9 Å². The van der Waals surface area contributed by atoms with Crippen LogP contribution in [0.15, 0.2) is 22.8 Å². The fraction of sp³-hybridized carbons (Fsp3) is 0.583. The van der Waals surface area contributed by atoms with E-state index in [0.29, 0.717) is 26.2 Å². The van der Waals surface area contributed by atoms with Gasteiger partial charge < -0.3 is 19.4 Å². The molecule has 2 rings (SSSR count). The minimum absolute atomic E-state index is 0.0242. The maximum absolute atomic E-state index is 12.2. The van der Waals surface area contributed by atoms with E-state index < -0.39 is 0 Å². The number of nitrogens with zero attached hydrogens (tertiary/aromatic N) is 1. The Hall–Kier alpha value is -1.33. The lowest BCUT2D eigenvalue weighted by Gasteiger charge is -2.28. The van der Waals surface area contributed by atoms with E-state index in [1.807, 2.05) is 19.1 Å². The first-order chi connectivity index (χ1) is 8.31. The van der Waals surface area contributed by atoms with Gasteiger partial charge in [-0.05, 0) is 19.1 Å². The predicted molar refractivity (Wildman–Crippen MR) is 62.4 cm³/mol. The van der Waals surface area contributed by atoms with Crippen molar-refractivity contribution in [2.75, 3.05) is 26.2 Å². The molecule has 17 heavy (non-hydrogen) atoms. The molecule has 0 aliphatic carbocycles. The van der Waals surface area contributed by atoms with E-state index in [2.05, 4.69) is 5.32 Å². The minimum atomic E-state index is -0.362. The van der Waals surface area contributed by atoms with Crippen LogP contribution in [-0.4, -0.2) is 43.2 Å². The van der Waals surface area contributed by atoms with Gasteiger partial charge in [0.2, 0.25) is 0 Å². The van der Waals surface area contributed by atoms with Gasteiger partial charge in [-0.2, -0.15) is 0 Å². The summed E-state index contributed by atoms with van der Waals surface area (Å²) in [6.45, 7) is 5.11. The predicted octanol–water partition coefficient (Wildman–Crippen LogP) is 0.616. The summed E-state index contributed by atoms with van der Waals surface area (Å²) in [5.41, 5.74) is 0. The van der Waals surface area contributed by atoms with Crippen molar-refractivity contribution in [1.29, 1.82) is 0 Å². The third-order valence-electron chi connectivity index (χ3n) is 2.82. The monoisotopic (exact) mass is 238 g/mol. The van der Waals surface area contributed by atoms with E-state index in [9.17, 15) is 4.79 Å². The van der Waals surface area contributed by atoms with Gasteiger partial charge in [-0.25, -0.2) is 0 Å². The van der Waals surface area contributed by atoms with Crippen LogP contribution in [-0.2, 0) is 16.1 Å². The first-order valence-corrected chi connectivity index (χ1v) is 5.94. The molecule has 94 valence electrons. The molecule has 1 N–H and O–H groups in total. The highest BCUT2D eigenvalue weighted by Crippen LogP contribution is 2.09. The number of ether oxygens (including phenoxy) is 1. The Bertz CT molecular complexity index is 345. The second-order valence-electron chi connectivity index (χ2n) is 4.00. The number of carbonyl (C=O) groups is 1. The van der Waals surface area contributed by atoms with Gasteiger partial charge in [0.05, 0.1) is 19.4 Å². The molecule has 0 spiro atoms. The number of carbonyl (C=O) groups excluding carboxylic acids is 1. The molecule has 0 radical (unpaired) electrons. The van der Waals surface area contributed by atoms with Crippen LogP contribution in [0.1, 0.15) is 12.7 Å². The Morgan fingerprint density at radius 3 is 3.12 bits per heavy atom. The smallest absolute Gasteiger partial charge is 0.253 e. The Morgan fingerprint density at radius 1 is 1.65 bits per heavy atom. The third kappa shape index (κ3) is 3.08. The van der Waals surface area contributed by atoms with Crippen LogP contribution in [0, 0.1) is 0 Å². The topological polar surface area (TPSA) is 54.7 Å². The van der Waals surface area contributed by atoms with Gasteiger partial charge in [-0.3, -0.25) is 4.79 Å². The van der Waals surface area contributed by atoms with Crippen molar-refractivity contribution in [3.05, 3.63) is 24.2 Å². The number of hydrogen-bond donors (Lipinski definition) is 1. The van der Waals surface area contributed by atoms with E-state index in [1.165, 1.54) is 0 Å². The molecule has 1 aromatic rings. The normalized spacial score (nSPS) is 20.2. The molecule has 1 aliphatic heterocycles. The highest BCUT2D eigenvalue weighted by Gasteiger charge is 2.26. The summed E-state index contributed by atoms with van der Waals surface area (Å²) in [7, 11) is 0. The average molecular weight is 238 g/mol. The molecule has 1 unspecified atom stereocenters. The maximum Gasteiger partial charge on any atom is 0.253 e. The van der Waals surface area contributed by atoms with Crippen molar-refractivity contribution >= 4 is 5.91 Å². The van der Waals surface area contributed by atoms with Crippen LogP contribution in [0.25, 0.3) is 0 Å². The molecular weight excluding hydrogens is 220 g/mol. The van der Waals surface area contributed by atoms with Crippen LogP contribution in [0.4, 0.5) is 0 Å². The Balaban J connectivity index is 1.94. The van der Waals surface area contributed by atoms with Crippen molar-refractivity contribution in [1.82, 2.24) is 10.2 Å². The van der Waals surface area contributed by atoms with Gasteiger partial charge in [0, 0.05) is 19.6 Å². The molecular formula is C12H18N2O3. The molecule has 5 nitrogen and oxygen atoms in total. The number of rotatable bonds is 4. The Kier molecular flexibility index (Phi) is 4.17. The van der Waals surface area contributed by atoms with Crippen LogP contribution >= 0.6 is 0 Å². The fourth-order valence-corrected chi connectivity index (χ4v) is 1.86. The van der Waals surface area contributed by atoms with Crippen LogP contribution in [0.2, 0.25) is 0 Å². The summed E-state index contributed by atoms with van der Waals surface area (Å²) in [4.78, 5) is 13.9. The number of furan rings is 1. The van der Waals surface area contributed by atoms with E-state index in [1.54, 1.807) is 11.2 Å². The average Bonchev–Trinajstić information content (AvgIpc) is 2.89. The molecule has 2 heterocycles. The van der Waals surface area contributed by atoms with E-state index in [4.69, 9.17) is 9.15 Å². The summed E-state index contributed by atoms with van der Waals surface area (Å²) in [6.07, 6.45) is 1.26. The van der Waals surface area contributed by atoms with Gasteiger partial charge >= 0.3 is 0 Å². The highest BCUT2D eigenvalue weighted by molar-refractivity contribution is 5.81. The molecule has 5 heteroatoms. The van der Waals surface area contributed by atoms with Gasteiger partial charge in [-0.1, -0.05) is 0 Å². The zero-order valence-corrected chi connectivity index (χ0v) is 10.0. The van der Waals surface area contributed by atoms with E-state index in [-0.39, 0.29) is 12.0 Å². The molecule has 1 saturated heterocycles. The number of likely N-dealkylation sites (N-methyl/N-ethyl adjacent to an activating group) is 1. The SMILES string of the molecule is CCN(Cc1ccco1)C(=O)C1CNCCO1. The third-order valence-corrected chi connectivity index (χ3v) is 2.82. The van der Waals surface area contributed by atoms with E-state index >= 15 is 0 Å². The summed E-state index contributed by atoms with van der Waals surface area (Å²) in [5, 5.41) is 3.16. The Labute approximate surface area is 101 Å². The van der Waals surface area contributed by atoms with Crippen molar-refractivity contribution < 1.29 is 13.9 Å². The standard InChI is InChI=1S/C12H18N2O3/c1-2-14(9-10-4-3-6-16-10)12(15)11-8-13-5-7-17-11/h3-4,6,11,13H,2,5,7-9H2,1H3. The van der Waals surface area contributed by atoms with Crippen molar-refractivity contribution in [2.24, 2.45) is 0 Å². The fourth-order valence-electron chi connectivity index (χ4n) is 1.86. The second-order valence-corrected chi connectivity index (χ2v) is 4.00. The molecule has 1 atom stereocenters. The quantitative estimate of drug-likeness (QED) is 0.835. The first-order valence-electron chi connectivity index (χ1n) is 5.94. The molecule has 1 fully saturated rings. The van der Waals surface area contributed by atoms with Crippen LogP contribution in [0.5, 0.6) is 0 Å². The summed E-state index contributed by atoms with van der Waals surface area (Å²) < 4.78 is 10.7. The molecule has 0 saturated carbocycles. The van der Waals surface area contributed by atoms with Crippen LogP contribution < -0.4 is 5.32 Å². The summed E-state index contributed by atoms with van der Waals surface area (Å²) in [6, 6.07) is 3.70. The zero-order valence-electron chi connectivity index (χ0n) is 10.0. The van der Waals surface area contributed by atoms with Crippen LogP contribution in [0.3, 0.4) is 0 Å². The number of amides is 1. The minimum Gasteiger partial charge on any atom is -0.467 e. The largest absolute Gasteiger partial charge is 0.467 e. The summed E-state index contributed by atoms with van der Waals surface area (Å²) in [5.74, 6) is 0.820. The van der Waals surface area contributed by atoms with E-state index in [0.717, 1.165) is 12.3 Å². The zero-order chi connectivity index (χ0) is 12.1. The second kappa shape index (κ2) is 5.84. The molecule has 1 aromatic heterocycles. The van der Waals surface area contributed by atoms with Crippen molar-refractivity contribution in [3.8, 4) is 0 Å². The number of hydrogen-bond acceptors (Lipinski definition) is 4. The van der Waals surface area contributed by atoms with Gasteiger partial charge in [0.25, 0.3) is 5.91 Å². The lowest BCUT2D eigenvalue weighted by Crippen LogP contribution is -2.49. The Morgan fingerprint density at radius 2 is 2.53 bits per heavy atom.